The van der Waals surface area contributed by atoms with Gasteiger partial charge in [-0.05, 0) is 41.6 Å². The molecule has 1 N–H and O–H groups in total. The van der Waals surface area contributed by atoms with Crippen molar-refractivity contribution in [1.29, 1.82) is 0 Å². The lowest BCUT2D eigenvalue weighted by atomic mass is 9.93. The Bertz CT molecular complexity index is 344. The molecule has 0 atom stereocenters. The fraction of sp³-hybridized carbons (Fsp3) is 0.500. The minimum absolute atomic E-state index is 0.0411. The second-order valence-electron chi connectivity index (χ2n) is 4.22. The van der Waals surface area contributed by atoms with Crippen molar-refractivity contribution in [2.24, 2.45) is 0 Å². The standard InChI is InChI=1S/C12H16FN/c1-8(2)11-5-10-7-14-4-3-9(10)6-12(11)13/h5-6,8,14H,3-4,7H2,1-2H3. The first-order valence-corrected chi connectivity index (χ1v) is 5.20. The van der Waals surface area contributed by atoms with Crippen LogP contribution in [0.4, 0.5) is 4.39 Å². The van der Waals surface area contributed by atoms with E-state index in [0.29, 0.717) is 0 Å². The van der Waals surface area contributed by atoms with Crippen molar-refractivity contribution < 1.29 is 4.39 Å². The Balaban J connectivity index is 2.45. The number of hydrogen-bond donors (Lipinski definition) is 1. The molecule has 0 saturated heterocycles. The van der Waals surface area contributed by atoms with Gasteiger partial charge >= 0.3 is 0 Å². The van der Waals surface area contributed by atoms with Gasteiger partial charge in [0.2, 0.25) is 0 Å². The fourth-order valence-electron chi connectivity index (χ4n) is 1.96. The van der Waals surface area contributed by atoms with Crippen LogP contribution in [-0.4, -0.2) is 6.54 Å². The van der Waals surface area contributed by atoms with Crippen molar-refractivity contribution in [3.63, 3.8) is 0 Å². The van der Waals surface area contributed by atoms with E-state index in [1.54, 1.807) is 6.07 Å². The van der Waals surface area contributed by atoms with Crippen LogP contribution < -0.4 is 5.32 Å². The summed E-state index contributed by atoms with van der Waals surface area (Å²) < 4.78 is 13.6. The Morgan fingerprint density at radius 3 is 2.79 bits per heavy atom. The van der Waals surface area contributed by atoms with E-state index in [4.69, 9.17) is 0 Å². The van der Waals surface area contributed by atoms with E-state index < -0.39 is 0 Å². The summed E-state index contributed by atoms with van der Waals surface area (Å²) in [4.78, 5) is 0. The van der Waals surface area contributed by atoms with E-state index in [9.17, 15) is 4.39 Å². The third-order valence-corrected chi connectivity index (χ3v) is 2.83. The van der Waals surface area contributed by atoms with Crippen LogP contribution in [-0.2, 0) is 13.0 Å². The molecule has 0 saturated carbocycles. The van der Waals surface area contributed by atoms with Crippen molar-refractivity contribution in [2.45, 2.75) is 32.7 Å². The lowest BCUT2D eigenvalue weighted by molar-refractivity contribution is 0.581. The van der Waals surface area contributed by atoms with Gasteiger partial charge in [0.25, 0.3) is 0 Å². The van der Waals surface area contributed by atoms with Crippen molar-refractivity contribution in [3.8, 4) is 0 Å². The number of halogens is 1. The zero-order valence-electron chi connectivity index (χ0n) is 8.73. The first kappa shape index (κ1) is 9.66. The summed E-state index contributed by atoms with van der Waals surface area (Å²) in [6, 6.07) is 3.73. The topological polar surface area (TPSA) is 12.0 Å². The molecule has 0 amide bonds. The van der Waals surface area contributed by atoms with Crippen LogP contribution in [0.1, 0.15) is 36.5 Å². The summed E-state index contributed by atoms with van der Waals surface area (Å²) in [5, 5.41) is 3.30. The van der Waals surface area contributed by atoms with Gasteiger partial charge in [-0.3, -0.25) is 0 Å². The highest BCUT2D eigenvalue weighted by molar-refractivity contribution is 5.36. The number of benzene rings is 1. The molecule has 1 nitrogen and oxygen atoms in total. The third-order valence-electron chi connectivity index (χ3n) is 2.83. The molecule has 1 aromatic carbocycles. The van der Waals surface area contributed by atoms with Crippen LogP contribution in [0.2, 0.25) is 0 Å². The van der Waals surface area contributed by atoms with Crippen LogP contribution in [0.3, 0.4) is 0 Å². The number of fused-ring (bicyclic) bond motifs is 1. The molecule has 0 aliphatic carbocycles. The number of hydrogen-bond acceptors (Lipinski definition) is 1. The van der Waals surface area contributed by atoms with E-state index in [1.165, 1.54) is 11.1 Å². The Kier molecular flexibility index (Phi) is 2.55. The average molecular weight is 193 g/mol. The second-order valence-corrected chi connectivity index (χ2v) is 4.22. The van der Waals surface area contributed by atoms with Crippen molar-refractivity contribution >= 4 is 0 Å². The largest absolute Gasteiger partial charge is 0.312 e. The Hall–Kier alpha value is -0.890. The minimum Gasteiger partial charge on any atom is -0.312 e. The molecule has 1 heterocycles. The van der Waals surface area contributed by atoms with Crippen LogP contribution in [0, 0.1) is 5.82 Å². The smallest absolute Gasteiger partial charge is 0.126 e. The molecule has 2 heteroatoms. The van der Waals surface area contributed by atoms with Crippen molar-refractivity contribution in [2.75, 3.05) is 6.54 Å². The molecule has 0 unspecified atom stereocenters. The molecular weight excluding hydrogens is 177 g/mol. The highest BCUT2D eigenvalue weighted by Crippen LogP contribution is 2.24. The molecule has 1 aliphatic rings. The monoisotopic (exact) mass is 193 g/mol. The zero-order chi connectivity index (χ0) is 10.1. The molecule has 76 valence electrons. The highest BCUT2D eigenvalue weighted by Gasteiger charge is 2.14. The zero-order valence-corrected chi connectivity index (χ0v) is 8.73. The number of rotatable bonds is 1. The Morgan fingerprint density at radius 2 is 2.07 bits per heavy atom. The van der Waals surface area contributed by atoms with Gasteiger partial charge in [0.05, 0.1) is 0 Å². The van der Waals surface area contributed by atoms with Gasteiger partial charge in [-0.2, -0.15) is 0 Å². The SMILES string of the molecule is CC(C)c1cc2c(cc1F)CCNC2. The summed E-state index contributed by atoms with van der Waals surface area (Å²) in [6.07, 6.45) is 0.949. The predicted octanol–water partition coefficient (Wildman–Crippen LogP) is 2.59. The van der Waals surface area contributed by atoms with E-state index >= 15 is 0 Å². The first-order valence-electron chi connectivity index (χ1n) is 5.20. The molecule has 0 spiro atoms. The molecule has 14 heavy (non-hydrogen) atoms. The predicted molar refractivity (Wildman–Crippen MR) is 55.9 cm³/mol. The van der Waals surface area contributed by atoms with Crippen molar-refractivity contribution in [1.82, 2.24) is 5.32 Å². The molecule has 0 bridgehead atoms. The van der Waals surface area contributed by atoms with Gasteiger partial charge in [-0.15, -0.1) is 0 Å². The molecular formula is C12H16FN. The van der Waals surface area contributed by atoms with E-state index in [1.807, 2.05) is 19.9 Å². The maximum Gasteiger partial charge on any atom is 0.126 e. The molecule has 2 rings (SSSR count). The van der Waals surface area contributed by atoms with Gasteiger partial charge in [0, 0.05) is 6.54 Å². The Morgan fingerprint density at radius 1 is 1.29 bits per heavy atom. The molecule has 0 fully saturated rings. The summed E-state index contributed by atoms with van der Waals surface area (Å²) in [6.45, 7) is 5.91. The minimum atomic E-state index is -0.0411. The molecule has 1 aromatic rings. The van der Waals surface area contributed by atoms with Crippen LogP contribution in [0.5, 0.6) is 0 Å². The normalized spacial score (nSPS) is 15.7. The number of nitrogens with one attached hydrogen (secondary N) is 1. The molecule has 0 radical (unpaired) electrons. The van der Waals surface area contributed by atoms with E-state index in [-0.39, 0.29) is 11.7 Å². The maximum absolute atomic E-state index is 13.6. The van der Waals surface area contributed by atoms with Gasteiger partial charge in [0.1, 0.15) is 5.82 Å². The van der Waals surface area contributed by atoms with Crippen LogP contribution >= 0.6 is 0 Å². The lowest BCUT2D eigenvalue weighted by Crippen LogP contribution is -2.24. The summed E-state index contributed by atoms with van der Waals surface area (Å²) in [5.41, 5.74) is 3.28. The third kappa shape index (κ3) is 1.67. The molecule has 0 aromatic heterocycles. The van der Waals surface area contributed by atoms with Crippen molar-refractivity contribution in [3.05, 3.63) is 34.6 Å². The van der Waals surface area contributed by atoms with Crippen LogP contribution in [0.15, 0.2) is 12.1 Å². The first-order chi connectivity index (χ1) is 6.68. The summed E-state index contributed by atoms with van der Waals surface area (Å²) in [7, 11) is 0. The van der Waals surface area contributed by atoms with E-state index in [0.717, 1.165) is 25.1 Å². The second kappa shape index (κ2) is 3.70. The van der Waals surface area contributed by atoms with Gasteiger partial charge in [-0.1, -0.05) is 19.9 Å². The lowest BCUT2D eigenvalue weighted by Gasteiger charge is -2.19. The summed E-state index contributed by atoms with van der Waals surface area (Å²) >= 11 is 0. The summed E-state index contributed by atoms with van der Waals surface area (Å²) in [5.74, 6) is 0.225. The van der Waals surface area contributed by atoms with Gasteiger partial charge < -0.3 is 5.32 Å². The maximum atomic E-state index is 13.6. The fourth-order valence-corrected chi connectivity index (χ4v) is 1.96. The molecule has 1 aliphatic heterocycles. The average Bonchev–Trinajstić information content (AvgIpc) is 2.16. The highest BCUT2D eigenvalue weighted by atomic mass is 19.1. The quantitative estimate of drug-likeness (QED) is 0.723. The Labute approximate surface area is 84.3 Å². The van der Waals surface area contributed by atoms with E-state index in [2.05, 4.69) is 5.32 Å². The van der Waals surface area contributed by atoms with Gasteiger partial charge in [-0.25, -0.2) is 4.39 Å². The van der Waals surface area contributed by atoms with Gasteiger partial charge in [0.15, 0.2) is 0 Å². The van der Waals surface area contributed by atoms with Crippen LogP contribution in [0.25, 0.3) is 0 Å².